The molecule has 1 heterocycles. The van der Waals surface area contributed by atoms with E-state index in [1.807, 2.05) is 44.4 Å². The highest BCUT2D eigenvalue weighted by Crippen LogP contribution is 2.31. The lowest BCUT2D eigenvalue weighted by Gasteiger charge is -2.15. The molecule has 0 fully saturated rings. The Morgan fingerprint density at radius 1 is 1.10 bits per heavy atom. The van der Waals surface area contributed by atoms with Crippen molar-refractivity contribution in [2.45, 2.75) is 6.42 Å². The van der Waals surface area contributed by atoms with E-state index < -0.39 is 16.0 Å². The van der Waals surface area contributed by atoms with Crippen LogP contribution in [0.2, 0.25) is 0 Å². The number of hydrogen-bond donors (Lipinski definition) is 3. The lowest BCUT2D eigenvalue weighted by atomic mass is 10.0. The number of hydrogen-bond acceptors (Lipinski definition) is 6. The van der Waals surface area contributed by atoms with Crippen LogP contribution in [0, 0.1) is 0 Å². The van der Waals surface area contributed by atoms with Crippen LogP contribution in [-0.4, -0.2) is 62.8 Å². The standard InChI is InChI=1S/C22H26N4O4S/c1-26(2)12-4-11-23-21-18-13-16(7-10-20(18)24-14-19(21)22(27)28)15-5-8-17(9-6-15)25-31(3,29)30/h5-10,13-14,25H,4,11-12H2,1-3H3,(H,23,24)(H,27,28). The van der Waals surface area contributed by atoms with E-state index >= 15 is 0 Å². The van der Waals surface area contributed by atoms with Crippen molar-refractivity contribution >= 4 is 38.3 Å². The molecule has 8 nitrogen and oxygen atoms in total. The minimum Gasteiger partial charge on any atom is -0.478 e. The van der Waals surface area contributed by atoms with Crippen LogP contribution >= 0.6 is 0 Å². The predicted octanol–water partition coefficient (Wildman–Crippen LogP) is 3.34. The zero-order valence-corrected chi connectivity index (χ0v) is 18.5. The highest BCUT2D eigenvalue weighted by molar-refractivity contribution is 7.92. The van der Waals surface area contributed by atoms with E-state index in [2.05, 4.69) is 19.9 Å². The largest absolute Gasteiger partial charge is 0.478 e. The second kappa shape index (κ2) is 9.32. The number of nitrogens with zero attached hydrogens (tertiary/aromatic N) is 2. The molecule has 31 heavy (non-hydrogen) atoms. The molecule has 0 atom stereocenters. The third-order valence-corrected chi connectivity index (χ3v) is 5.31. The highest BCUT2D eigenvalue weighted by atomic mass is 32.2. The Bertz CT molecular complexity index is 1190. The van der Waals surface area contributed by atoms with Gasteiger partial charge in [-0.3, -0.25) is 9.71 Å². The van der Waals surface area contributed by atoms with E-state index in [-0.39, 0.29) is 5.56 Å². The van der Waals surface area contributed by atoms with Gasteiger partial charge in [-0.15, -0.1) is 0 Å². The molecule has 9 heteroatoms. The first kappa shape index (κ1) is 22.5. The maximum atomic E-state index is 11.8. The van der Waals surface area contributed by atoms with Crippen LogP contribution in [0.5, 0.6) is 0 Å². The molecule has 1 aromatic heterocycles. The Labute approximate surface area is 182 Å². The summed E-state index contributed by atoms with van der Waals surface area (Å²) in [6.07, 6.45) is 3.35. The van der Waals surface area contributed by atoms with Crippen molar-refractivity contribution in [1.82, 2.24) is 9.88 Å². The second-order valence-electron chi connectivity index (χ2n) is 7.62. The molecule has 0 aliphatic rings. The van der Waals surface area contributed by atoms with Crippen molar-refractivity contribution in [3.05, 3.63) is 54.2 Å². The van der Waals surface area contributed by atoms with Crippen LogP contribution < -0.4 is 10.0 Å². The van der Waals surface area contributed by atoms with Gasteiger partial charge in [0.2, 0.25) is 10.0 Å². The van der Waals surface area contributed by atoms with Gasteiger partial charge in [-0.2, -0.15) is 0 Å². The number of aromatic nitrogens is 1. The summed E-state index contributed by atoms with van der Waals surface area (Å²) in [4.78, 5) is 18.1. The van der Waals surface area contributed by atoms with E-state index in [1.165, 1.54) is 6.20 Å². The molecule has 0 aliphatic carbocycles. The van der Waals surface area contributed by atoms with Gasteiger partial charge in [0.25, 0.3) is 0 Å². The first-order chi connectivity index (χ1) is 14.6. The van der Waals surface area contributed by atoms with Gasteiger partial charge in [0.15, 0.2) is 0 Å². The summed E-state index contributed by atoms with van der Waals surface area (Å²) >= 11 is 0. The monoisotopic (exact) mass is 442 g/mol. The third-order valence-electron chi connectivity index (χ3n) is 4.70. The number of aromatic carboxylic acids is 1. The molecule has 0 radical (unpaired) electrons. The lowest BCUT2D eigenvalue weighted by Crippen LogP contribution is -2.17. The predicted molar refractivity (Wildman–Crippen MR) is 124 cm³/mol. The number of anilines is 2. The topological polar surface area (TPSA) is 112 Å². The quantitative estimate of drug-likeness (QED) is 0.436. The van der Waals surface area contributed by atoms with Gasteiger partial charge >= 0.3 is 5.97 Å². The molecule has 0 saturated carbocycles. The number of nitrogens with one attached hydrogen (secondary N) is 2. The Balaban J connectivity index is 1.97. The maximum Gasteiger partial charge on any atom is 0.339 e. The van der Waals surface area contributed by atoms with Crippen molar-refractivity contribution in [3.63, 3.8) is 0 Å². The molecular weight excluding hydrogens is 416 g/mol. The maximum absolute atomic E-state index is 11.8. The van der Waals surface area contributed by atoms with Crippen LogP contribution in [-0.2, 0) is 10.0 Å². The Morgan fingerprint density at radius 3 is 2.39 bits per heavy atom. The first-order valence-corrected chi connectivity index (χ1v) is 11.7. The molecular formula is C22H26N4O4S. The first-order valence-electron chi connectivity index (χ1n) is 9.77. The fourth-order valence-corrected chi connectivity index (χ4v) is 3.84. The average molecular weight is 443 g/mol. The lowest BCUT2D eigenvalue weighted by molar-refractivity contribution is 0.0697. The molecule has 0 bridgehead atoms. The van der Waals surface area contributed by atoms with Gasteiger partial charge < -0.3 is 15.3 Å². The molecule has 2 aromatic carbocycles. The molecule has 3 rings (SSSR count). The minimum absolute atomic E-state index is 0.127. The summed E-state index contributed by atoms with van der Waals surface area (Å²) in [5.41, 5.74) is 3.60. The summed E-state index contributed by atoms with van der Waals surface area (Å²) in [7, 11) is 0.643. The number of rotatable bonds is 9. The van der Waals surface area contributed by atoms with Crippen molar-refractivity contribution in [2.24, 2.45) is 0 Å². The second-order valence-corrected chi connectivity index (χ2v) is 9.37. The molecule has 3 aromatic rings. The number of carboxylic acid groups (broad SMARTS) is 1. The van der Waals surface area contributed by atoms with Crippen molar-refractivity contribution in [1.29, 1.82) is 0 Å². The Morgan fingerprint density at radius 2 is 1.77 bits per heavy atom. The number of fused-ring (bicyclic) bond motifs is 1. The summed E-state index contributed by atoms with van der Waals surface area (Å²) in [6.45, 7) is 1.52. The number of carbonyl (C=O) groups is 1. The van der Waals surface area contributed by atoms with Gasteiger partial charge in [-0.1, -0.05) is 18.2 Å². The zero-order valence-electron chi connectivity index (χ0n) is 17.7. The van der Waals surface area contributed by atoms with Crippen molar-refractivity contribution in [3.8, 4) is 11.1 Å². The van der Waals surface area contributed by atoms with Crippen LogP contribution in [0.25, 0.3) is 22.0 Å². The van der Waals surface area contributed by atoms with Gasteiger partial charge in [0.05, 0.1) is 17.5 Å². The molecule has 0 amide bonds. The fourth-order valence-electron chi connectivity index (χ4n) is 3.28. The van der Waals surface area contributed by atoms with Crippen molar-refractivity contribution in [2.75, 3.05) is 43.5 Å². The van der Waals surface area contributed by atoms with Crippen molar-refractivity contribution < 1.29 is 18.3 Å². The molecule has 0 spiro atoms. The van der Waals surface area contributed by atoms with E-state index in [4.69, 9.17) is 0 Å². The highest BCUT2D eigenvalue weighted by Gasteiger charge is 2.15. The SMILES string of the molecule is CN(C)CCCNc1c(C(=O)O)cnc2ccc(-c3ccc(NS(C)(=O)=O)cc3)cc12. The fraction of sp³-hybridized carbons (Fsp3) is 0.273. The summed E-state index contributed by atoms with van der Waals surface area (Å²) in [5, 5.41) is 13.6. The molecule has 0 saturated heterocycles. The third kappa shape index (κ3) is 5.93. The van der Waals surface area contributed by atoms with Crippen LogP contribution in [0.4, 0.5) is 11.4 Å². The van der Waals surface area contributed by atoms with E-state index in [1.54, 1.807) is 12.1 Å². The summed E-state index contributed by atoms with van der Waals surface area (Å²) < 4.78 is 25.2. The summed E-state index contributed by atoms with van der Waals surface area (Å²) in [6, 6.07) is 12.7. The van der Waals surface area contributed by atoms with Crippen LogP contribution in [0.1, 0.15) is 16.8 Å². The molecule has 164 valence electrons. The van der Waals surface area contributed by atoms with E-state index in [0.717, 1.165) is 35.7 Å². The molecule has 0 aliphatic heterocycles. The van der Waals surface area contributed by atoms with E-state index in [0.29, 0.717) is 23.4 Å². The average Bonchev–Trinajstić information content (AvgIpc) is 2.69. The Kier molecular flexibility index (Phi) is 6.77. The molecule has 3 N–H and O–H groups in total. The smallest absolute Gasteiger partial charge is 0.339 e. The number of pyridine rings is 1. The van der Waals surface area contributed by atoms with E-state index in [9.17, 15) is 18.3 Å². The van der Waals surface area contributed by atoms with Gasteiger partial charge in [0.1, 0.15) is 5.56 Å². The number of benzene rings is 2. The summed E-state index contributed by atoms with van der Waals surface area (Å²) in [5.74, 6) is -1.04. The van der Waals surface area contributed by atoms with Gasteiger partial charge in [-0.25, -0.2) is 13.2 Å². The number of sulfonamides is 1. The number of carboxylic acids is 1. The zero-order chi connectivity index (χ0) is 22.6. The van der Waals surface area contributed by atoms with Crippen LogP contribution in [0.3, 0.4) is 0 Å². The van der Waals surface area contributed by atoms with Gasteiger partial charge in [-0.05, 0) is 62.5 Å². The molecule has 0 unspecified atom stereocenters. The Hall–Kier alpha value is -3.17. The minimum atomic E-state index is -3.34. The van der Waals surface area contributed by atoms with Gasteiger partial charge in [0, 0.05) is 23.8 Å². The normalized spacial score (nSPS) is 11.6. The van der Waals surface area contributed by atoms with Crippen LogP contribution in [0.15, 0.2) is 48.7 Å².